The summed E-state index contributed by atoms with van der Waals surface area (Å²) in [7, 11) is 1.77. The van der Waals surface area contributed by atoms with Gasteiger partial charge in [-0.05, 0) is 47.9 Å². The molecular weight excluding hydrogens is 346 g/mol. The predicted octanol–water partition coefficient (Wildman–Crippen LogP) is 4.48. The molecular formula is C21H19NO3S. The van der Waals surface area contributed by atoms with Crippen LogP contribution in [0.3, 0.4) is 0 Å². The van der Waals surface area contributed by atoms with Crippen molar-refractivity contribution in [2.75, 3.05) is 0 Å². The summed E-state index contributed by atoms with van der Waals surface area (Å²) >= 11 is 0.758. The van der Waals surface area contributed by atoms with Crippen LogP contribution in [0.5, 0.6) is 5.75 Å². The third kappa shape index (κ3) is 2.46. The van der Waals surface area contributed by atoms with Gasteiger partial charge in [0.05, 0.1) is 0 Å². The van der Waals surface area contributed by atoms with Gasteiger partial charge in [-0.2, -0.15) is 0 Å². The van der Waals surface area contributed by atoms with Crippen molar-refractivity contribution >= 4 is 22.8 Å². The minimum absolute atomic E-state index is 0.00883. The van der Waals surface area contributed by atoms with E-state index >= 15 is 0 Å². The molecule has 5 rings (SSSR count). The number of ether oxygens (including phenoxy) is 1. The SMILES string of the molecule is Cn1cc(-c2cc(SO)cc3c2OC(C2CC2)C3)c2ccccc2c1=O. The van der Waals surface area contributed by atoms with Gasteiger partial charge in [0.2, 0.25) is 0 Å². The predicted molar refractivity (Wildman–Crippen MR) is 104 cm³/mol. The van der Waals surface area contributed by atoms with E-state index in [0.29, 0.717) is 11.3 Å². The smallest absolute Gasteiger partial charge is 0.258 e. The average molecular weight is 365 g/mol. The van der Waals surface area contributed by atoms with Gasteiger partial charge in [0.1, 0.15) is 11.9 Å². The van der Waals surface area contributed by atoms with Crippen LogP contribution < -0.4 is 10.3 Å². The van der Waals surface area contributed by atoms with Gasteiger partial charge in [0, 0.05) is 53.1 Å². The fourth-order valence-electron chi connectivity index (χ4n) is 3.97. The molecule has 0 radical (unpaired) electrons. The zero-order valence-corrected chi connectivity index (χ0v) is 15.3. The molecule has 5 heteroatoms. The molecule has 2 aromatic carbocycles. The third-order valence-electron chi connectivity index (χ3n) is 5.46. The van der Waals surface area contributed by atoms with Crippen LogP contribution in [-0.2, 0) is 13.5 Å². The summed E-state index contributed by atoms with van der Waals surface area (Å²) in [5, 5.41) is 1.61. The number of hydrogen-bond acceptors (Lipinski definition) is 4. The number of fused-ring (bicyclic) bond motifs is 2. The molecule has 4 nitrogen and oxygen atoms in total. The lowest BCUT2D eigenvalue weighted by molar-refractivity contribution is 0.208. The van der Waals surface area contributed by atoms with Crippen molar-refractivity contribution in [3.05, 3.63) is 58.5 Å². The Hall–Kier alpha value is -2.24. The summed E-state index contributed by atoms with van der Waals surface area (Å²) in [5.74, 6) is 1.56. The van der Waals surface area contributed by atoms with Crippen molar-refractivity contribution in [1.82, 2.24) is 4.57 Å². The first-order valence-electron chi connectivity index (χ1n) is 8.89. The monoisotopic (exact) mass is 365 g/mol. The highest BCUT2D eigenvalue weighted by Gasteiger charge is 2.38. The molecule has 1 N–H and O–H groups in total. The second-order valence-corrected chi connectivity index (χ2v) is 7.91. The lowest BCUT2D eigenvalue weighted by Gasteiger charge is -2.15. The molecule has 1 atom stereocenters. The van der Waals surface area contributed by atoms with E-state index in [1.54, 1.807) is 11.6 Å². The second kappa shape index (κ2) is 5.89. The molecule has 2 heterocycles. The molecule has 132 valence electrons. The Labute approximate surface area is 155 Å². The molecule has 0 bridgehead atoms. The Morgan fingerprint density at radius 1 is 1.15 bits per heavy atom. The van der Waals surface area contributed by atoms with Gasteiger partial charge in [0.15, 0.2) is 0 Å². The third-order valence-corrected chi connectivity index (χ3v) is 5.91. The fourth-order valence-corrected chi connectivity index (χ4v) is 4.34. The summed E-state index contributed by atoms with van der Waals surface area (Å²) in [4.78, 5) is 13.3. The molecule has 26 heavy (non-hydrogen) atoms. The highest BCUT2D eigenvalue weighted by atomic mass is 32.2. The zero-order chi connectivity index (χ0) is 17.8. The molecule has 1 aromatic heterocycles. The van der Waals surface area contributed by atoms with Crippen molar-refractivity contribution in [3.63, 3.8) is 0 Å². The lowest BCUT2D eigenvalue weighted by atomic mass is 9.97. The molecule has 1 fully saturated rings. The number of rotatable bonds is 3. The van der Waals surface area contributed by atoms with E-state index < -0.39 is 0 Å². The van der Waals surface area contributed by atoms with Gasteiger partial charge in [-0.3, -0.25) is 4.79 Å². The van der Waals surface area contributed by atoms with Gasteiger partial charge < -0.3 is 13.9 Å². The lowest BCUT2D eigenvalue weighted by Crippen LogP contribution is -2.17. The number of benzene rings is 2. The summed E-state index contributed by atoms with van der Waals surface area (Å²) in [5.41, 5.74) is 3.06. The Kier molecular flexibility index (Phi) is 3.62. The normalized spacial score (nSPS) is 18.8. The van der Waals surface area contributed by atoms with E-state index in [9.17, 15) is 9.35 Å². The Balaban J connectivity index is 1.77. The molecule has 3 aromatic rings. The number of aromatic nitrogens is 1. The summed E-state index contributed by atoms with van der Waals surface area (Å²) in [6, 6.07) is 11.7. The first-order chi connectivity index (χ1) is 12.7. The van der Waals surface area contributed by atoms with Gasteiger partial charge in [-0.15, -0.1) is 0 Å². The standard InChI is InChI=1S/C21H19NO3S/c1-22-11-18(15-4-2-3-5-16(15)21(22)23)17-10-14(26-24)8-13-9-19(12-6-7-12)25-20(13)17/h2-5,8,10-12,19,24H,6-7,9H2,1H3. The highest BCUT2D eigenvalue weighted by molar-refractivity contribution is 7.93. The Morgan fingerprint density at radius 3 is 2.65 bits per heavy atom. The fraction of sp³-hybridized carbons (Fsp3) is 0.286. The Bertz CT molecular complexity index is 1080. The summed E-state index contributed by atoms with van der Waals surface area (Å²) < 4.78 is 17.6. The Morgan fingerprint density at radius 2 is 1.92 bits per heavy atom. The van der Waals surface area contributed by atoms with Gasteiger partial charge in [-0.25, -0.2) is 0 Å². The van der Waals surface area contributed by atoms with Crippen LogP contribution in [-0.4, -0.2) is 15.2 Å². The number of aryl methyl sites for hydroxylation is 1. The molecule has 1 aliphatic carbocycles. The van der Waals surface area contributed by atoms with Crippen LogP contribution in [0.2, 0.25) is 0 Å². The molecule has 2 aliphatic rings. The quantitative estimate of drug-likeness (QED) is 0.695. The number of pyridine rings is 1. The molecule has 1 aliphatic heterocycles. The topological polar surface area (TPSA) is 51.5 Å². The van der Waals surface area contributed by atoms with Crippen molar-refractivity contribution in [1.29, 1.82) is 0 Å². The van der Waals surface area contributed by atoms with Crippen LogP contribution in [0, 0.1) is 5.92 Å². The first-order valence-corrected chi connectivity index (χ1v) is 9.67. The molecule has 0 amide bonds. The maximum Gasteiger partial charge on any atom is 0.258 e. The zero-order valence-electron chi connectivity index (χ0n) is 14.4. The van der Waals surface area contributed by atoms with Gasteiger partial charge >= 0.3 is 0 Å². The minimum Gasteiger partial charge on any atom is -0.489 e. The minimum atomic E-state index is -0.00883. The summed E-state index contributed by atoms with van der Waals surface area (Å²) in [6.07, 6.45) is 5.48. The molecule has 1 saturated carbocycles. The second-order valence-electron chi connectivity index (χ2n) is 7.25. The van der Waals surface area contributed by atoms with Crippen LogP contribution in [0.4, 0.5) is 0 Å². The van der Waals surface area contributed by atoms with E-state index in [0.717, 1.165) is 51.2 Å². The van der Waals surface area contributed by atoms with Crippen molar-refractivity contribution in [3.8, 4) is 16.9 Å². The molecule has 0 spiro atoms. The van der Waals surface area contributed by atoms with Crippen LogP contribution in [0.25, 0.3) is 21.9 Å². The van der Waals surface area contributed by atoms with E-state index in [1.807, 2.05) is 42.6 Å². The van der Waals surface area contributed by atoms with Crippen LogP contribution in [0.15, 0.2) is 52.3 Å². The largest absolute Gasteiger partial charge is 0.489 e. The highest BCUT2D eigenvalue weighted by Crippen LogP contribution is 2.47. The van der Waals surface area contributed by atoms with Crippen molar-refractivity contribution in [2.45, 2.75) is 30.3 Å². The molecule has 0 saturated heterocycles. The van der Waals surface area contributed by atoms with E-state index in [2.05, 4.69) is 0 Å². The van der Waals surface area contributed by atoms with Crippen molar-refractivity contribution in [2.24, 2.45) is 13.0 Å². The van der Waals surface area contributed by atoms with Crippen molar-refractivity contribution < 1.29 is 9.29 Å². The molecule has 1 unspecified atom stereocenters. The van der Waals surface area contributed by atoms with Crippen LogP contribution >= 0.6 is 12.0 Å². The summed E-state index contributed by atoms with van der Waals surface area (Å²) in [6.45, 7) is 0. The average Bonchev–Trinajstić information content (AvgIpc) is 3.43. The van der Waals surface area contributed by atoms with Crippen LogP contribution in [0.1, 0.15) is 18.4 Å². The van der Waals surface area contributed by atoms with Gasteiger partial charge in [0.25, 0.3) is 5.56 Å². The first kappa shape index (κ1) is 16.0. The number of hydrogen-bond donors (Lipinski definition) is 1. The van der Waals surface area contributed by atoms with E-state index in [-0.39, 0.29) is 11.7 Å². The van der Waals surface area contributed by atoms with E-state index in [4.69, 9.17) is 4.74 Å². The maximum absolute atomic E-state index is 12.5. The van der Waals surface area contributed by atoms with E-state index in [1.165, 1.54) is 12.8 Å². The van der Waals surface area contributed by atoms with Gasteiger partial charge in [-0.1, -0.05) is 18.2 Å². The maximum atomic E-state index is 12.5. The number of nitrogens with zero attached hydrogens (tertiary/aromatic N) is 1.